The monoisotopic (exact) mass is 267 g/mol. The maximum atomic E-state index is 13.2. The quantitative estimate of drug-likeness (QED) is 0.768. The molecule has 19 heavy (non-hydrogen) atoms. The van der Waals surface area contributed by atoms with Crippen molar-refractivity contribution in [3.05, 3.63) is 29.6 Å². The molecule has 5 heteroatoms. The first kappa shape index (κ1) is 13.8. The van der Waals surface area contributed by atoms with Crippen LogP contribution in [0.3, 0.4) is 0 Å². The van der Waals surface area contributed by atoms with Gasteiger partial charge in [0.2, 0.25) is 0 Å². The summed E-state index contributed by atoms with van der Waals surface area (Å²) in [5.41, 5.74) is 0.775. The Morgan fingerprint density at radius 3 is 2.95 bits per heavy atom. The summed E-state index contributed by atoms with van der Waals surface area (Å²) in [5.74, 6) is 0.00568. The summed E-state index contributed by atoms with van der Waals surface area (Å²) in [5, 5.41) is 3.31. The molecule has 2 rings (SSSR count). The zero-order valence-corrected chi connectivity index (χ0v) is 10.9. The van der Waals surface area contributed by atoms with E-state index >= 15 is 0 Å². The highest BCUT2D eigenvalue weighted by Crippen LogP contribution is 2.23. The van der Waals surface area contributed by atoms with Crippen molar-refractivity contribution in [2.24, 2.45) is 0 Å². The van der Waals surface area contributed by atoms with Gasteiger partial charge >= 0.3 is 5.97 Å². The van der Waals surface area contributed by atoms with Crippen LogP contribution in [0.4, 0.5) is 4.39 Å². The van der Waals surface area contributed by atoms with Gasteiger partial charge in [0.15, 0.2) is 0 Å². The number of carbonyl (C=O) groups excluding carboxylic acids is 1. The number of nitrogens with one attached hydrogen (secondary N) is 1. The second-order valence-electron chi connectivity index (χ2n) is 4.58. The van der Waals surface area contributed by atoms with E-state index in [4.69, 9.17) is 4.74 Å². The molecule has 1 aromatic rings. The average Bonchev–Trinajstić information content (AvgIpc) is 3.22. The number of esters is 1. The summed E-state index contributed by atoms with van der Waals surface area (Å²) in [6, 6.07) is 4.96. The van der Waals surface area contributed by atoms with Crippen LogP contribution in [-0.2, 0) is 16.1 Å². The van der Waals surface area contributed by atoms with Crippen molar-refractivity contribution >= 4 is 5.97 Å². The molecule has 0 unspecified atom stereocenters. The normalized spacial score (nSPS) is 14.2. The van der Waals surface area contributed by atoms with Gasteiger partial charge in [0.05, 0.1) is 20.1 Å². The zero-order valence-electron chi connectivity index (χ0n) is 10.9. The summed E-state index contributed by atoms with van der Waals surface area (Å²) in [4.78, 5) is 11.0. The lowest BCUT2D eigenvalue weighted by molar-refractivity contribution is -0.141. The molecule has 0 aliphatic heterocycles. The number of ether oxygens (including phenoxy) is 2. The summed E-state index contributed by atoms with van der Waals surface area (Å²) in [7, 11) is 1.34. The number of hydrogen-bond donors (Lipinski definition) is 1. The first-order chi connectivity index (χ1) is 9.19. The predicted octanol–water partition coefficient (Wildman–Crippen LogP) is 2.02. The Morgan fingerprint density at radius 1 is 1.47 bits per heavy atom. The SMILES string of the molecule is COC(=O)CCOc1ccc(F)cc1CNC1CC1. The minimum absolute atomic E-state index is 0.184. The van der Waals surface area contributed by atoms with E-state index in [2.05, 4.69) is 10.1 Å². The molecule has 0 spiro atoms. The molecule has 1 aliphatic rings. The minimum Gasteiger partial charge on any atom is -0.493 e. The first-order valence-electron chi connectivity index (χ1n) is 6.40. The third-order valence-corrected chi connectivity index (χ3v) is 2.97. The maximum Gasteiger partial charge on any atom is 0.308 e. The van der Waals surface area contributed by atoms with Crippen LogP contribution in [0.1, 0.15) is 24.8 Å². The lowest BCUT2D eigenvalue weighted by Crippen LogP contribution is -2.16. The number of carbonyl (C=O) groups is 1. The van der Waals surface area contributed by atoms with E-state index < -0.39 is 0 Å². The third-order valence-electron chi connectivity index (χ3n) is 2.97. The molecule has 0 saturated heterocycles. The molecule has 1 aromatic carbocycles. The van der Waals surface area contributed by atoms with E-state index in [1.165, 1.54) is 32.1 Å². The Morgan fingerprint density at radius 2 is 2.26 bits per heavy atom. The zero-order chi connectivity index (χ0) is 13.7. The molecule has 4 nitrogen and oxygen atoms in total. The van der Waals surface area contributed by atoms with Gasteiger partial charge in [-0.25, -0.2) is 4.39 Å². The molecule has 1 N–H and O–H groups in total. The Bertz CT molecular complexity index is 446. The van der Waals surface area contributed by atoms with Gasteiger partial charge in [-0.3, -0.25) is 4.79 Å². The standard InChI is InChI=1S/C14H18FNO3/c1-18-14(17)6-7-19-13-5-2-11(15)8-10(13)9-16-12-3-4-12/h2,5,8,12,16H,3-4,6-7,9H2,1H3. The molecule has 0 heterocycles. The second-order valence-corrected chi connectivity index (χ2v) is 4.58. The summed E-state index contributed by atoms with van der Waals surface area (Å²) >= 11 is 0. The van der Waals surface area contributed by atoms with E-state index in [0.717, 1.165) is 5.56 Å². The van der Waals surface area contributed by atoms with Gasteiger partial charge in [-0.05, 0) is 31.0 Å². The van der Waals surface area contributed by atoms with Crippen molar-refractivity contribution in [2.75, 3.05) is 13.7 Å². The topological polar surface area (TPSA) is 47.6 Å². The minimum atomic E-state index is -0.320. The molecule has 0 atom stereocenters. The molecule has 0 bridgehead atoms. The number of rotatable bonds is 7. The Kier molecular flexibility index (Phi) is 4.74. The summed E-state index contributed by atoms with van der Waals surface area (Å²) in [6.07, 6.45) is 2.53. The third kappa shape index (κ3) is 4.52. The van der Waals surface area contributed by atoms with E-state index in [1.54, 1.807) is 6.07 Å². The van der Waals surface area contributed by atoms with Gasteiger partial charge in [0.25, 0.3) is 0 Å². The van der Waals surface area contributed by atoms with E-state index in [0.29, 0.717) is 18.3 Å². The van der Waals surface area contributed by atoms with Crippen LogP contribution in [0, 0.1) is 5.82 Å². The molecule has 1 saturated carbocycles. The van der Waals surface area contributed by atoms with Crippen molar-refractivity contribution < 1.29 is 18.7 Å². The van der Waals surface area contributed by atoms with E-state index in [9.17, 15) is 9.18 Å². The Labute approximate surface area is 111 Å². The van der Waals surface area contributed by atoms with Crippen LogP contribution in [0.5, 0.6) is 5.75 Å². The van der Waals surface area contributed by atoms with Crippen LogP contribution < -0.4 is 10.1 Å². The number of halogens is 1. The van der Waals surface area contributed by atoms with Crippen LogP contribution in [0.15, 0.2) is 18.2 Å². The van der Waals surface area contributed by atoms with Gasteiger partial charge in [0.1, 0.15) is 11.6 Å². The molecule has 1 aliphatic carbocycles. The maximum absolute atomic E-state index is 13.2. The van der Waals surface area contributed by atoms with Gasteiger partial charge < -0.3 is 14.8 Å². The number of hydrogen-bond acceptors (Lipinski definition) is 4. The highest BCUT2D eigenvalue weighted by molar-refractivity contribution is 5.69. The first-order valence-corrected chi connectivity index (χ1v) is 6.40. The van der Waals surface area contributed by atoms with Crippen molar-refractivity contribution in [1.29, 1.82) is 0 Å². The molecule has 0 radical (unpaired) electrons. The van der Waals surface area contributed by atoms with Crippen molar-refractivity contribution in [3.63, 3.8) is 0 Å². The predicted molar refractivity (Wildman–Crippen MR) is 68.4 cm³/mol. The van der Waals surface area contributed by atoms with Crippen molar-refractivity contribution in [2.45, 2.75) is 31.8 Å². The van der Waals surface area contributed by atoms with Crippen molar-refractivity contribution in [1.82, 2.24) is 5.32 Å². The lowest BCUT2D eigenvalue weighted by atomic mass is 10.2. The second kappa shape index (κ2) is 6.52. The number of methoxy groups -OCH3 is 1. The molecule has 0 amide bonds. The fraction of sp³-hybridized carbons (Fsp3) is 0.500. The fourth-order valence-electron chi connectivity index (χ4n) is 1.72. The van der Waals surface area contributed by atoms with E-state index in [-0.39, 0.29) is 24.8 Å². The Balaban J connectivity index is 1.91. The number of benzene rings is 1. The molecular formula is C14H18FNO3. The highest BCUT2D eigenvalue weighted by Gasteiger charge is 2.20. The van der Waals surface area contributed by atoms with Gasteiger partial charge in [-0.2, -0.15) is 0 Å². The summed E-state index contributed by atoms with van der Waals surface area (Å²) < 4.78 is 23.3. The molecule has 104 valence electrons. The van der Waals surface area contributed by atoms with Crippen LogP contribution in [0.2, 0.25) is 0 Å². The lowest BCUT2D eigenvalue weighted by Gasteiger charge is -2.12. The Hall–Kier alpha value is -1.62. The van der Waals surface area contributed by atoms with Crippen LogP contribution >= 0.6 is 0 Å². The molecule has 0 aromatic heterocycles. The largest absolute Gasteiger partial charge is 0.493 e. The van der Waals surface area contributed by atoms with Gasteiger partial charge in [0, 0.05) is 18.2 Å². The van der Waals surface area contributed by atoms with Crippen molar-refractivity contribution in [3.8, 4) is 5.75 Å². The highest BCUT2D eigenvalue weighted by atomic mass is 19.1. The van der Waals surface area contributed by atoms with Crippen LogP contribution in [-0.4, -0.2) is 25.7 Å². The molecule has 1 fully saturated rings. The average molecular weight is 267 g/mol. The fourth-order valence-corrected chi connectivity index (χ4v) is 1.72. The van der Waals surface area contributed by atoms with Crippen LogP contribution in [0.25, 0.3) is 0 Å². The summed E-state index contributed by atoms with van der Waals surface area (Å²) in [6.45, 7) is 0.810. The molecular weight excluding hydrogens is 249 g/mol. The smallest absolute Gasteiger partial charge is 0.308 e. The van der Waals surface area contributed by atoms with E-state index in [1.807, 2.05) is 0 Å². The van der Waals surface area contributed by atoms with Gasteiger partial charge in [-0.1, -0.05) is 0 Å². The van der Waals surface area contributed by atoms with Gasteiger partial charge in [-0.15, -0.1) is 0 Å².